The summed E-state index contributed by atoms with van der Waals surface area (Å²) in [6.07, 6.45) is 0.456. The van der Waals surface area contributed by atoms with E-state index in [4.69, 9.17) is 4.74 Å². The highest BCUT2D eigenvalue weighted by Gasteiger charge is 2.17. The number of ether oxygens (including phenoxy) is 1. The van der Waals surface area contributed by atoms with E-state index in [9.17, 15) is 13.2 Å². The van der Waals surface area contributed by atoms with Crippen LogP contribution in [0.1, 0.15) is 12.5 Å². The molecule has 136 valence electrons. The van der Waals surface area contributed by atoms with Gasteiger partial charge in [-0.05, 0) is 49.7 Å². The Morgan fingerprint density at radius 3 is 2.69 bits per heavy atom. The second-order valence-electron chi connectivity index (χ2n) is 5.99. The third-order valence-corrected chi connectivity index (χ3v) is 5.73. The van der Waals surface area contributed by atoms with E-state index in [2.05, 4.69) is 10.3 Å². The second-order valence-corrected chi connectivity index (χ2v) is 9.03. The maximum absolute atomic E-state index is 12.3. The molecule has 1 heterocycles. The van der Waals surface area contributed by atoms with Gasteiger partial charge >= 0.3 is 0 Å². The number of aromatic nitrogens is 1. The fourth-order valence-corrected chi connectivity index (χ4v) is 3.97. The molecule has 0 aliphatic rings. The van der Waals surface area contributed by atoms with Crippen molar-refractivity contribution in [3.8, 4) is 5.75 Å². The molecule has 3 aromatic rings. The van der Waals surface area contributed by atoms with Gasteiger partial charge in [0.15, 0.2) is 21.1 Å². The first-order chi connectivity index (χ1) is 12.2. The summed E-state index contributed by atoms with van der Waals surface area (Å²) < 4.78 is 29.6. The van der Waals surface area contributed by atoms with Crippen molar-refractivity contribution >= 4 is 42.4 Å². The summed E-state index contributed by atoms with van der Waals surface area (Å²) >= 11 is 1.22. The SMILES string of the molecule is Cc1cccc(O[C@H](C)C(=O)Nc2nc3ccc(S(C)(=O)=O)cc3s2)c1. The van der Waals surface area contributed by atoms with Crippen LogP contribution < -0.4 is 10.1 Å². The number of aryl methyl sites for hydroxylation is 1. The van der Waals surface area contributed by atoms with E-state index in [-0.39, 0.29) is 10.8 Å². The van der Waals surface area contributed by atoms with E-state index >= 15 is 0 Å². The van der Waals surface area contributed by atoms with Crippen LogP contribution in [-0.2, 0) is 14.6 Å². The van der Waals surface area contributed by atoms with Crippen molar-refractivity contribution in [2.45, 2.75) is 24.8 Å². The molecule has 0 radical (unpaired) electrons. The molecule has 0 aliphatic carbocycles. The molecule has 0 aliphatic heterocycles. The van der Waals surface area contributed by atoms with Gasteiger partial charge in [0.1, 0.15) is 5.75 Å². The Morgan fingerprint density at radius 1 is 1.23 bits per heavy atom. The Bertz CT molecular complexity index is 1070. The van der Waals surface area contributed by atoms with Gasteiger partial charge in [0.25, 0.3) is 5.91 Å². The Morgan fingerprint density at radius 2 is 2.00 bits per heavy atom. The van der Waals surface area contributed by atoms with Gasteiger partial charge in [0.2, 0.25) is 0 Å². The molecule has 0 spiro atoms. The van der Waals surface area contributed by atoms with Gasteiger partial charge in [-0.1, -0.05) is 23.5 Å². The van der Waals surface area contributed by atoms with E-state index in [0.717, 1.165) is 11.8 Å². The average Bonchev–Trinajstić information content (AvgIpc) is 2.95. The fourth-order valence-electron chi connectivity index (χ4n) is 2.34. The first-order valence-corrected chi connectivity index (χ1v) is 10.6. The highest BCUT2D eigenvalue weighted by atomic mass is 32.2. The number of nitrogens with one attached hydrogen (secondary N) is 1. The van der Waals surface area contributed by atoms with Crippen molar-refractivity contribution in [1.29, 1.82) is 0 Å². The number of benzene rings is 2. The summed E-state index contributed by atoms with van der Waals surface area (Å²) in [4.78, 5) is 16.9. The van der Waals surface area contributed by atoms with Crippen LogP contribution in [0.4, 0.5) is 5.13 Å². The lowest BCUT2D eigenvalue weighted by atomic mass is 10.2. The van der Waals surface area contributed by atoms with Crippen molar-refractivity contribution in [3.05, 3.63) is 48.0 Å². The molecule has 1 atom stereocenters. The molecule has 8 heteroatoms. The molecule has 2 aromatic carbocycles. The number of carbonyl (C=O) groups excluding carboxylic acids is 1. The van der Waals surface area contributed by atoms with Gasteiger partial charge in [-0.2, -0.15) is 0 Å². The Hall–Kier alpha value is -2.45. The van der Waals surface area contributed by atoms with Crippen LogP contribution in [0, 0.1) is 6.92 Å². The zero-order valence-corrected chi connectivity index (χ0v) is 16.1. The minimum absolute atomic E-state index is 0.225. The molecule has 3 rings (SSSR count). The smallest absolute Gasteiger partial charge is 0.266 e. The van der Waals surface area contributed by atoms with Gasteiger partial charge in [0.05, 0.1) is 15.1 Å². The van der Waals surface area contributed by atoms with Gasteiger partial charge in [-0.3, -0.25) is 10.1 Å². The summed E-state index contributed by atoms with van der Waals surface area (Å²) in [6, 6.07) is 12.2. The number of fused-ring (bicyclic) bond motifs is 1. The first kappa shape index (κ1) is 18.3. The van der Waals surface area contributed by atoms with Crippen LogP contribution in [0.2, 0.25) is 0 Å². The van der Waals surface area contributed by atoms with Crippen LogP contribution >= 0.6 is 11.3 Å². The lowest BCUT2D eigenvalue weighted by molar-refractivity contribution is -0.122. The van der Waals surface area contributed by atoms with Gasteiger partial charge in [-0.25, -0.2) is 13.4 Å². The summed E-state index contributed by atoms with van der Waals surface area (Å²) in [7, 11) is -3.29. The molecule has 0 unspecified atom stereocenters. The second kappa shape index (κ2) is 7.05. The third kappa shape index (κ3) is 4.20. The topological polar surface area (TPSA) is 85.4 Å². The van der Waals surface area contributed by atoms with Gasteiger partial charge in [0, 0.05) is 6.26 Å². The fraction of sp³-hybridized carbons (Fsp3) is 0.222. The molecule has 0 saturated heterocycles. The van der Waals surface area contributed by atoms with Crippen molar-refractivity contribution in [3.63, 3.8) is 0 Å². The first-order valence-electron chi connectivity index (χ1n) is 7.87. The van der Waals surface area contributed by atoms with Crippen molar-refractivity contribution in [2.75, 3.05) is 11.6 Å². The van der Waals surface area contributed by atoms with Gasteiger partial charge in [-0.15, -0.1) is 0 Å². The number of thiazole rings is 1. The maximum Gasteiger partial charge on any atom is 0.266 e. The average molecular weight is 390 g/mol. The van der Waals surface area contributed by atoms with E-state index in [1.165, 1.54) is 17.4 Å². The van der Waals surface area contributed by atoms with Crippen LogP contribution in [0.3, 0.4) is 0 Å². The molecular weight excluding hydrogens is 372 g/mol. The number of amides is 1. The van der Waals surface area contributed by atoms with Crippen LogP contribution in [0.25, 0.3) is 10.2 Å². The molecule has 26 heavy (non-hydrogen) atoms. The summed E-state index contributed by atoms with van der Waals surface area (Å²) in [5, 5.41) is 3.12. The number of hydrogen-bond donors (Lipinski definition) is 1. The normalized spacial score (nSPS) is 12.7. The van der Waals surface area contributed by atoms with Crippen molar-refractivity contribution in [2.24, 2.45) is 0 Å². The molecule has 0 fully saturated rings. The number of rotatable bonds is 5. The largest absolute Gasteiger partial charge is 0.481 e. The van der Waals surface area contributed by atoms with Crippen LogP contribution in [0.15, 0.2) is 47.4 Å². The monoisotopic (exact) mass is 390 g/mol. The number of carbonyl (C=O) groups is 1. The zero-order valence-electron chi connectivity index (χ0n) is 14.5. The lowest BCUT2D eigenvalue weighted by Crippen LogP contribution is -2.30. The quantitative estimate of drug-likeness (QED) is 0.721. The molecule has 1 aromatic heterocycles. The van der Waals surface area contributed by atoms with E-state index in [0.29, 0.717) is 21.1 Å². The third-order valence-electron chi connectivity index (χ3n) is 3.69. The van der Waals surface area contributed by atoms with Gasteiger partial charge < -0.3 is 4.74 Å². The van der Waals surface area contributed by atoms with E-state index < -0.39 is 15.9 Å². The molecule has 0 bridgehead atoms. The Kier molecular flexibility index (Phi) is 4.97. The number of anilines is 1. The van der Waals surface area contributed by atoms with Crippen LogP contribution in [-0.4, -0.2) is 31.7 Å². The predicted octanol–water partition coefficient (Wildman–Crippen LogP) is 3.41. The van der Waals surface area contributed by atoms with Crippen LogP contribution in [0.5, 0.6) is 5.75 Å². The van der Waals surface area contributed by atoms with Crippen molar-refractivity contribution < 1.29 is 17.9 Å². The lowest BCUT2D eigenvalue weighted by Gasteiger charge is -2.13. The minimum Gasteiger partial charge on any atom is -0.481 e. The van der Waals surface area contributed by atoms with E-state index in [1.54, 1.807) is 25.1 Å². The molecule has 6 nitrogen and oxygen atoms in total. The highest BCUT2D eigenvalue weighted by Crippen LogP contribution is 2.28. The summed E-state index contributed by atoms with van der Waals surface area (Å²) in [5.74, 6) is 0.295. The Balaban J connectivity index is 1.74. The number of hydrogen-bond acceptors (Lipinski definition) is 6. The molecular formula is C18H18N2O4S2. The Labute approximate surface area is 155 Å². The molecule has 0 saturated carbocycles. The standard InChI is InChI=1S/C18H18N2O4S2/c1-11-5-4-6-13(9-11)24-12(2)17(21)20-18-19-15-8-7-14(26(3,22)23)10-16(15)25-18/h4-10,12H,1-3H3,(H,19,20,21)/t12-/m1/s1. The highest BCUT2D eigenvalue weighted by molar-refractivity contribution is 7.90. The predicted molar refractivity (Wildman–Crippen MR) is 103 cm³/mol. The zero-order chi connectivity index (χ0) is 18.9. The van der Waals surface area contributed by atoms with Crippen molar-refractivity contribution in [1.82, 2.24) is 4.98 Å². The van der Waals surface area contributed by atoms with E-state index in [1.807, 2.05) is 25.1 Å². The maximum atomic E-state index is 12.3. The number of sulfone groups is 1. The summed E-state index contributed by atoms with van der Waals surface area (Å²) in [6.45, 7) is 3.61. The summed E-state index contributed by atoms with van der Waals surface area (Å²) in [5.41, 5.74) is 1.67. The molecule has 1 N–H and O–H groups in total. The number of nitrogens with zero attached hydrogens (tertiary/aromatic N) is 1. The molecule has 1 amide bonds. The minimum atomic E-state index is -3.29.